The zero-order valence-corrected chi connectivity index (χ0v) is 16.4. The molecule has 2 N–H and O–H groups in total. The van der Waals surface area contributed by atoms with Gasteiger partial charge in [-0.05, 0) is 55.8 Å². The van der Waals surface area contributed by atoms with E-state index in [1.807, 2.05) is 50.4 Å². The zero-order chi connectivity index (χ0) is 20.9. The number of benzene rings is 2. The highest BCUT2D eigenvalue weighted by atomic mass is 16.2. The standard InChI is InChI=1S/C22H18N6O2/c1-22(2)16-12-15(8-9-17(16)25-20(22)30)24-19(29)14-6-4-13(5-7-14)18-26-27-21-23-10-3-11-28(18)21/h3-12H,1-2H3,(H,24,29)(H,25,30). The summed E-state index contributed by atoms with van der Waals surface area (Å²) in [5, 5.41) is 14.0. The molecule has 2 aromatic heterocycles. The third kappa shape index (κ3) is 2.81. The highest BCUT2D eigenvalue weighted by Gasteiger charge is 2.38. The lowest BCUT2D eigenvalue weighted by atomic mass is 9.86. The lowest BCUT2D eigenvalue weighted by Gasteiger charge is -2.16. The van der Waals surface area contributed by atoms with Crippen molar-refractivity contribution in [1.29, 1.82) is 0 Å². The number of carbonyl (C=O) groups excluding carboxylic acids is 2. The van der Waals surface area contributed by atoms with E-state index in [1.165, 1.54) is 0 Å². The number of carbonyl (C=O) groups is 2. The van der Waals surface area contributed by atoms with E-state index in [2.05, 4.69) is 25.8 Å². The minimum atomic E-state index is -0.631. The Kier molecular flexibility index (Phi) is 3.89. The molecular formula is C22H18N6O2. The third-order valence-electron chi connectivity index (χ3n) is 5.36. The molecular weight excluding hydrogens is 380 g/mol. The zero-order valence-electron chi connectivity index (χ0n) is 16.4. The summed E-state index contributed by atoms with van der Waals surface area (Å²) >= 11 is 0. The van der Waals surface area contributed by atoms with Crippen LogP contribution in [0.15, 0.2) is 60.9 Å². The average molecular weight is 398 g/mol. The van der Waals surface area contributed by atoms with Crippen molar-refractivity contribution < 1.29 is 9.59 Å². The number of fused-ring (bicyclic) bond motifs is 2. The summed E-state index contributed by atoms with van der Waals surface area (Å²) in [4.78, 5) is 29.0. The van der Waals surface area contributed by atoms with Gasteiger partial charge in [0.15, 0.2) is 5.82 Å². The van der Waals surface area contributed by atoms with Gasteiger partial charge in [-0.1, -0.05) is 12.1 Å². The molecule has 0 aliphatic carbocycles. The van der Waals surface area contributed by atoms with Crippen LogP contribution in [0.25, 0.3) is 17.2 Å². The fourth-order valence-electron chi connectivity index (χ4n) is 3.56. The molecule has 3 heterocycles. The second kappa shape index (κ2) is 6.48. The highest BCUT2D eigenvalue weighted by molar-refractivity contribution is 6.08. The Morgan fingerprint density at radius 1 is 1.10 bits per heavy atom. The topological polar surface area (TPSA) is 101 Å². The van der Waals surface area contributed by atoms with Crippen molar-refractivity contribution in [2.45, 2.75) is 19.3 Å². The minimum Gasteiger partial charge on any atom is -0.325 e. The average Bonchev–Trinajstić information content (AvgIpc) is 3.27. The molecule has 1 aliphatic heterocycles. The first-order valence-electron chi connectivity index (χ1n) is 9.47. The number of aromatic nitrogens is 4. The quantitative estimate of drug-likeness (QED) is 0.552. The summed E-state index contributed by atoms with van der Waals surface area (Å²) in [6.45, 7) is 3.73. The van der Waals surface area contributed by atoms with Crippen LogP contribution in [0.4, 0.5) is 11.4 Å². The van der Waals surface area contributed by atoms with Crippen molar-refractivity contribution in [2.75, 3.05) is 10.6 Å². The van der Waals surface area contributed by atoms with Crippen LogP contribution in [0.5, 0.6) is 0 Å². The van der Waals surface area contributed by atoms with Crippen LogP contribution < -0.4 is 10.6 Å². The van der Waals surface area contributed by atoms with Gasteiger partial charge in [-0.3, -0.25) is 14.0 Å². The van der Waals surface area contributed by atoms with Crippen LogP contribution in [-0.2, 0) is 10.2 Å². The van der Waals surface area contributed by atoms with Crippen molar-refractivity contribution in [3.63, 3.8) is 0 Å². The molecule has 8 heteroatoms. The second-order valence-electron chi connectivity index (χ2n) is 7.68. The lowest BCUT2D eigenvalue weighted by Crippen LogP contribution is -2.26. The molecule has 4 aromatic rings. The van der Waals surface area contributed by atoms with Crippen molar-refractivity contribution in [3.05, 3.63) is 72.1 Å². The van der Waals surface area contributed by atoms with E-state index in [0.717, 1.165) is 16.8 Å². The van der Waals surface area contributed by atoms with E-state index in [1.54, 1.807) is 28.8 Å². The van der Waals surface area contributed by atoms with Gasteiger partial charge in [-0.2, -0.15) is 0 Å². The fourth-order valence-corrected chi connectivity index (χ4v) is 3.56. The molecule has 2 aromatic carbocycles. The Bertz CT molecular complexity index is 1310. The predicted octanol–water partition coefficient (Wildman–Crippen LogP) is 3.27. The van der Waals surface area contributed by atoms with Gasteiger partial charge in [-0.15, -0.1) is 10.2 Å². The predicted molar refractivity (Wildman–Crippen MR) is 112 cm³/mol. The second-order valence-corrected chi connectivity index (χ2v) is 7.68. The van der Waals surface area contributed by atoms with E-state index in [4.69, 9.17) is 0 Å². The number of anilines is 2. The third-order valence-corrected chi connectivity index (χ3v) is 5.36. The van der Waals surface area contributed by atoms with Crippen molar-refractivity contribution in [2.24, 2.45) is 0 Å². The summed E-state index contributed by atoms with van der Waals surface area (Å²) < 4.78 is 1.79. The summed E-state index contributed by atoms with van der Waals surface area (Å²) in [5.74, 6) is 0.891. The number of hydrogen-bond acceptors (Lipinski definition) is 5. The normalized spacial score (nSPS) is 14.4. The van der Waals surface area contributed by atoms with Crippen LogP contribution in [0, 0.1) is 0 Å². The Balaban J connectivity index is 1.38. The molecule has 5 rings (SSSR count). The van der Waals surface area contributed by atoms with E-state index >= 15 is 0 Å². The van der Waals surface area contributed by atoms with Crippen molar-refractivity contribution in [3.8, 4) is 11.4 Å². The van der Waals surface area contributed by atoms with Gasteiger partial charge < -0.3 is 10.6 Å². The van der Waals surface area contributed by atoms with E-state index in [9.17, 15) is 9.59 Å². The summed E-state index contributed by atoms with van der Waals surface area (Å²) in [6, 6.07) is 14.4. The molecule has 148 valence electrons. The number of amides is 2. The Labute approximate surface area is 172 Å². The Morgan fingerprint density at radius 3 is 2.70 bits per heavy atom. The Morgan fingerprint density at radius 2 is 1.90 bits per heavy atom. The largest absolute Gasteiger partial charge is 0.325 e. The number of nitrogens with zero attached hydrogens (tertiary/aromatic N) is 4. The minimum absolute atomic E-state index is 0.0484. The summed E-state index contributed by atoms with van der Waals surface area (Å²) in [6.07, 6.45) is 3.50. The van der Waals surface area contributed by atoms with Crippen molar-refractivity contribution >= 4 is 29.0 Å². The van der Waals surface area contributed by atoms with E-state index in [-0.39, 0.29) is 11.8 Å². The van der Waals surface area contributed by atoms with Crippen LogP contribution in [0.3, 0.4) is 0 Å². The summed E-state index contributed by atoms with van der Waals surface area (Å²) in [7, 11) is 0. The molecule has 0 unspecified atom stereocenters. The SMILES string of the molecule is CC1(C)C(=O)Nc2ccc(NC(=O)c3ccc(-c4nnc5ncccn45)cc3)cc21. The van der Waals surface area contributed by atoms with E-state index in [0.29, 0.717) is 22.9 Å². The number of rotatable bonds is 3. The summed E-state index contributed by atoms with van der Waals surface area (Å²) in [5.41, 5.74) is 3.00. The van der Waals surface area contributed by atoms with Crippen LogP contribution >= 0.6 is 0 Å². The van der Waals surface area contributed by atoms with Gasteiger partial charge in [0.05, 0.1) is 5.41 Å². The highest BCUT2D eigenvalue weighted by Crippen LogP contribution is 2.38. The van der Waals surface area contributed by atoms with Crippen LogP contribution in [0.1, 0.15) is 29.8 Å². The first-order chi connectivity index (χ1) is 14.4. The lowest BCUT2D eigenvalue weighted by molar-refractivity contribution is -0.119. The van der Waals surface area contributed by atoms with Crippen molar-refractivity contribution in [1.82, 2.24) is 19.6 Å². The maximum Gasteiger partial charge on any atom is 0.255 e. The molecule has 0 atom stereocenters. The smallest absolute Gasteiger partial charge is 0.255 e. The van der Waals surface area contributed by atoms with Gasteiger partial charge in [-0.25, -0.2) is 4.98 Å². The van der Waals surface area contributed by atoms with Crippen LogP contribution in [0.2, 0.25) is 0 Å². The molecule has 0 radical (unpaired) electrons. The Hall–Kier alpha value is -4.07. The molecule has 0 spiro atoms. The molecule has 30 heavy (non-hydrogen) atoms. The molecule has 0 saturated carbocycles. The maximum absolute atomic E-state index is 12.7. The van der Waals surface area contributed by atoms with E-state index < -0.39 is 5.41 Å². The molecule has 1 aliphatic rings. The van der Waals surface area contributed by atoms with Gasteiger partial charge >= 0.3 is 0 Å². The van der Waals surface area contributed by atoms with Gasteiger partial charge in [0.1, 0.15) is 0 Å². The first kappa shape index (κ1) is 18.0. The number of hydrogen-bond donors (Lipinski definition) is 2. The van der Waals surface area contributed by atoms with Gasteiger partial charge in [0.25, 0.3) is 11.7 Å². The molecule has 0 bridgehead atoms. The molecule has 0 fully saturated rings. The van der Waals surface area contributed by atoms with Gasteiger partial charge in [0.2, 0.25) is 5.91 Å². The first-order valence-corrected chi connectivity index (χ1v) is 9.47. The molecule has 8 nitrogen and oxygen atoms in total. The molecule has 2 amide bonds. The monoisotopic (exact) mass is 398 g/mol. The fraction of sp³-hybridized carbons (Fsp3) is 0.136. The van der Waals surface area contributed by atoms with Gasteiger partial charge in [0, 0.05) is 34.9 Å². The number of nitrogens with one attached hydrogen (secondary N) is 2. The maximum atomic E-state index is 12.7. The van der Waals surface area contributed by atoms with Crippen LogP contribution in [-0.4, -0.2) is 31.4 Å². The molecule has 0 saturated heterocycles.